The molecule has 0 saturated carbocycles. The smallest absolute Gasteiger partial charge is 0.144 e. The van der Waals surface area contributed by atoms with Crippen LogP contribution >= 0.6 is 0 Å². The number of hydrogen-bond acceptors (Lipinski definition) is 5. The lowest BCUT2D eigenvalue weighted by atomic mass is 10.3. The number of nitrogens with zero attached hydrogens (tertiary/aromatic N) is 3. The van der Waals surface area contributed by atoms with Crippen molar-refractivity contribution in [1.82, 2.24) is 15.3 Å². The molecule has 2 rings (SSSR count). The van der Waals surface area contributed by atoms with E-state index in [1.807, 2.05) is 0 Å². The van der Waals surface area contributed by atoms with Crippen LogP contribution in [0.3, 0.4) is 0 Å². The van der Waals surface area contributed by atoms with Crippen LogP contribution in [0.15, 0.2) is 23.6 Å². The van der Waals surface area contributed by atoms with E-state index in [0.717, 1.165) is 18.9 Å². The SMILES string of the molecule is C1=NCC(CNc2cnccn2)N1. The van der Waals surface area contributed by atoms with Crippen molar-refractivity contribution < 1.29 is 0 Å². The maximum Gasteiger partial charge on any atom is 0.144 e. The Balaban J connectivity index is 1.80. The Bertz CT molecular complexity index is 276. The standard InChI is InChI=1S/C8H11N5/c1-2-11-8(5-9-1)12-4-7-3-10-6-13-7/h1-2,5-7H,3-4H2,(H,10,13)(H,11,12). The first-order valence-electron chi connectivity index (χ1n) is 4.19. The summed E-state index contributed by atoms with van der Waals surface area (Å²) in [6, 6.07) is 0.377. The molecule has 1 aromatic heterocycles. The fourth-order valence-electron chi connectivity index (χ4n) is 1.13. The molecule has 0 saturated heterocycles. The summed E-state index contributed by atoms with van der Waals surface area (Å²) < 4.78 is 0. The Labute approximate surface area is 76.3 Å². The quantitative estimate of drug-likeness (QED) is 0.676. The molecule has 0 spiro atoms. The third-order valence-corrected chi connectivity index (χ3v) is 1.82. The lowest BCUT2D eigenvalue weighted by Crippen LogP contribution is -2.32. The van der Waals surface area contributed by atoms with Crippen LogP contribution in [0.4, 0.5) is 5.82 Å². The fourth-order valence-corrected chi connectivity index (χ4v) is 1.13. The number of aromatic nitrogens is 2. The molecule has 0 aliphatic carbocycles. The van der Waals surface area contributed by atoms with Crippen molar-refractivity contribution in [3.8, 4) is 0 Å². The minimum Gasteiger partial charge on any atom is -0.370 e. The molecular weight excluding hydrogens is 166 g/mol. The second-order valence-electron chi connectivity index (χ2n) is 2.83. The van der Waals surface area contributed by atoms with Gasteiger partial charge in [0.15, 0.2) is 0 Å². The normalized spacial score (nSPS) is 19.8. The van der Waals surface area contributed by atoms with Crippen LogP contribution in [0.5, 0.6) is 0 Å². The van der Waals surface area contributed by atoms with E-state index < -0.39 is 0 Å². The van der Waals surface area contributed by atoms with Crippen molar-refractivity contribution in [2.75, 3.05) is 18.4 Å². The molecule has 5 nitrogen and oxygen atoms in total. The van der Waals surface area contributed by atoms with E-state index in [1.165, 1.54) is 0 Å². The second-order valence-corrected chi connectivity index (χ2v) is 2.83. The van der Waals surface area contributed by atoms with Gasteiger partial charge in [-0.1, -0.05) is 0 Å². The second kappa shape index (κ2) is 3.84. The summed E-state index contributed by atoms with van der Waals surface area (Å²) in [5.41, 5.74) is 0. The minimum atomic E-state index is 0.377. The highest BCUT2D eigenvalue weighted by Gasteiger charge is 2.09. The van der Waals surface area contributed by atoms with Crippen LogP contribution in [0.25, 0.3) is 0 Å². The van der Waals surface area contributed by atoms with E-state index >= 15 is 0 Å². The maximum absolute atomic E-state index is 4.10. The van der Waals surface area contributed by atoms with Gasteiger partial charge in [-0.15, -0.1) is 0 Å². The lowest BCUT2D eigenvalue weighted by molar-refractivity contribution is 0.689. The summed E-state index contributed by atoms with van der Waals surface area (Å²) in [6.07, 6.45) is 6.77. The largest absolute Gasteiger partial charge is 0.370 e. The van der Waals surface area contributed by atoms with Gasteiger partial charge in [0.1, 0.15) is 5.82 Å². The molecule has 13 heavy (non-hydrogen) atoms. The van der Waals surface area contributed by atoms with E-state index in [-0.39, 0.29) is 0 Å². The van der Waals surface area contributed by atoms with Crippen molar-refractivity contribution in [2.24, 2.45) is 4.99 Å². The Morgan fingerprint density at radius 1 is 1.54 bits per heavy atom. The van der Waals surface area contributed by atoms with Gasteiger partial charge < -0.3 is 10.6 Å². The van der Waals surface area contributed by atoms with Crippen LogP contribution in [0.1, 0.15) is 0 Å². The zero-order chi connectivity index (χ0) is 8.93. The molecule has 0 fully saturated rings. The average molecular weight is 177 g/mol. The third-order valence-electron chi connectivity index (χ3n) is 1.82. The van der Waals surface area contributed by atoms with Gasteiger partial charge in [-0.3, -0.25) is 9.98 Å². The number of rotatable bonds is 3. The van der Waals surface area contributed by atoms with Gasteiger partial charge in [0.2, 0.25) is 0 Å². The summed E-state index contributed by atoms with van der Waals surface area (Å²) in [6.45, 7) is 1.64. The van der Waals surface area contributed by atoms with E-state index in [9.17, 15) is 0 Å². The van der Waals surface area contributed by atoms with E-state index in [0.29, 0.717) is 6.04 Å². The Hall–Kier alpha value is -1.65. The molecule has 2 N–H and O–H groups in total. The van der Waals surface area contributed by atoms with Crippen molar-refractivity contribution in [3.63, 3.8) is 0 Å². The predicted octanol–water partition coefficient (Wildman–Crippen LogP) is -0.111. The van der Waals surface area contributed by atoms with Crippen LogP contribution in [0.2, 0.25) is 0 Å². The summed E-state index contributed by atoms with van der Waals surface area (Å²) in [5.74, 6) is 0.802. The van der Waals surface area contributed by atoms with Crippen molar-refractivity contribution in [1.29, 1.82) is 0 Å². The first-order valence-corrected chi connectivity index (χ1v) is 4.19. The highest BCUT2D eigenvalue weighted by molar-refractivity contribution is 5.57. The topological polar surface area (TPSA) is 62.2 Å². The van der Waals surface area contributed by atoms with Crippen LogP contribution in [-0.2, 0) is 0 Å². The zero-order valence-electron chi connectivity index (χ0n) is 7.14. The van der Waals surface area contributed by atoms with Crippen molar-refractivity contribution in [3.05, 3.63) is 18.6 Å². The summed E-state index contributed by atoms with van der Waals surface area (Å²) in [7, 11) is 0. The Morgan fingerprint density at radius 3 is 3.23 bits per heavy atom. The van der Waals surface area contributed by atoms with Gasteiger partial charge in [-0.05, 0) is 0 Å². The van der Waals surface area contributed by atoms with Crippen molar-refractivity contribution in [2.45, 2.75) is 6.04 Å². The number of nitrogens with one attached hydrogen (secondary N) is 2. The molecule has 1 atom stereocenters. The van der Waals surface area contributed by atoms with E-state index in [4.69, 9.17) is 0 Å². The molecule has 2 heterocycles. The van der Waals surface area contributed by atoms with Gasteiger partial charge in [0.25, 0.3) is 0 Å². The molecule has 5 heteroatoms. The van der Waals surface area contributed by atoms with Crippen LogP contribution < -0.4 is 10.6 Å². The van der Waals surface area contributed by atoms with Crippen molar-refractivity contribution >= 4 is 12.2 Å². The molecule has 68 valence electrons. The van der Waals surface area contributed by atoms with Gasteiger partial charge in [-0.2, -0.15) is 0 Å². The number of aliphatic imine (C=N–C) groups is 1. The van der Waals surface area contributed by atoms with Gasteiger partial charge in [0, 0.05) is 18.9 Å². The molecule has 1 aromatic rings. The zero-order valence-corrected chi connectivity index (χ0v) is 7.14. The van der Waals surface area contributed by atoms with E-state index in [1.54, 1.807) is 24.9 Å². The molecular formula is C8H11N5. The lowest BCUT2D eigenvalue weighted by Gasteiger charge is -2.10. The summed E-state index contributed by atoms with van der Waals surface area (Å²) >= 11 is 0. The molecule has 0 bridgehead atoms. The monoisotopic (exact) mass is 177 g/mol. The third kappa shape index (κ3) is 2.14. The summed E-state index contributed by atoms with van der Waals surface area (Å²) in [4.78, 5) is 12.1. The fraction of sp³-hybridized carbons (Fsp3) is 0.375. The molecule has 1 unspecified atom stereocenters. The molecule has 0 amide bonds. The molecule has 1 aliphatic heterocycles. The highest BCUT2D eigenvalue weighted by Crippen LogP contribution is 1.98. The highest BCUT2D eigenvalue weighted by atomic mass is 15.1. The van der Waals surface area contributed by atoms with E-state index in [2.05, 4.69) is 25.6 Å². The van der Waals surface area contributed by atoms with Gasteiger partial charge in [0.05, 0.1) is 25.1 Å². The maximum atomic E-state index is 4.10. The minimum absolute atomic E-state index is 0.377. The van der Waals surface area contributed by atoms with Crippen LogP contribution in [-0.4, -0.2) is 35.4 Å². The van der Waals surface area contributed by atoms with Gasteiger partial charge in [-0.25, -0.2) is 4.98 Å². The first-order chi connectivity index (χ1) is 6.45. The predicted molar refractivity (Wildman–Crippen MR) is 50.8 cm³/mol. The Kier molecular flexibility index (Phi) is 2.35. The number of hydrogen-bond donors (Lipinski definition) is 2. The van der Waals surface area contributed by atoms with Gasteiger partial charge >= 0.3 is 0 Å². The molecule has 1 aliphatic rings. The first kappa shape index (κ1) is 7.97. The van der Waals surface area contributed by atoms with Crippen LogP contribution in [0, 0.1) is 0 Å². The Morgan fingerprint density at radius 2 is 2.54 bits per heavy atom. The molecule has 0 radical (unpaired) electrons. The average Bonchev–Trinajstić information content (AvgIpc) is 2.69. The number of anilines is 1. The summed E-state index contributed by atoms with van der Waals surface area (Å²) in [5, 5.41) is 6.29. The molecule has 0 aromatic carbocycles.